The van der Waals surface area contributed by atoms with E-state index in [1.54, 1.807) is 12.1 Å². The van der Waals surface area contributed by atoms with Crippen LogP contribution in [0.3, 0.4) is 0 Å². The van der Waals surface area contributed by atoms with Gasteiger partial charge in [-0.15, -0.1) is 0 Å². The molecule has 3 N–H and O–H groups in total. The maximum absolute atomic E-state index is 6.24. The van der Waals surface area contributed by atoms with Crippen molar-refractivity contribution in [2.24, 2.45) is 0 Å². The van der Waals surface area contributed by atoms with E-state index in [9.17, 15) is 0 Å². The summed E-state index contributed by atoms with van der Waals surface area (Å²) < 4.78 is 5.54. The van der Waals surface area contributed by atoms with E-state index < -0.39 is 0 Å². The number of morpholine rings is 1. The number of thiocarbonyl (C=S) groups is 1. The molecule has 1 saturated heterocycles. The van der Waals surface area contributed by atoms with E-state index in [4.69, 9.17) is 40.2 Å². The molecule has 1 aliphatic heterocycles. The first-order chi connectivity index (χ1) is 13.0. The molecule has 7 heteroatoms. The van der Waals surface area contributed by atoms with Gasteiger partial charge in [0.2, 0.25) is 0 Å². The second-order valence-electron chi connectivity index (χ2n) is 6.67. The standard InChI is InChI=1S/C20H23Cl2N3OS/c1-14(23-20(27)24-18-8-7-16(21)13-17(18)22)19(15-5-3-2-4-6-15)25-9-11-26-12-10-25/h2-8,13-14,19H,9-12H2,1H3,(H2,23,24,27)/p+1/t14-,19-/m0/s1. The van der Waals surface area contributed by atoms with Crippen LogP contribution in [0.25, 0.3) is 0 Å². The zero-order valence-corrected chi connectivity index (χ0v) is 17.5. The fourth-order valence-electron chi connectivity index (χ4n) is 3.52. The highest BCUT2D eigenvalue weighted by molar-refractivity contribution is 7.80. The number of rotatable bonds is 5. The van der Waals surface area contributed by atoms with Gasteiger partial charge in [-0.2, -0.15) is 0 Å². The van der Waals surface area contributed by atoms with Crippen LogP contribution in [-0.2, 0) is 4.74 Å². The molecule has 1 fully saturated rings. The molecule has 1 heterocycles. The van der Waals surface area contributed by atoms with E-state index in [1.165, 1.54) is 10.5 Å². The largest absolute Gasteiger partial charge is 0.370 e. The van der Waals surface area contributed by atoms with Gasteiger partial charge in [-0.1, -0.05) is 53.5 Å². The third kappa shape index (κ3) is 5.56. The molecule has 2 atom stereocenters. The first kappa shape index (κ1) is 20.4. The average Bonchev–Trinajstić information content (AvgIpc) is 2.66. The monoisotopic (exact) mass is 424 g/mol. The molecule has 0 amide bonds. The summed E-state index contributed by atoms with van der Waals surface area (Å²) in [6.07, 6.45) is 0. The molecule has 0 saturated carbocycles. The molecule has 0 aliphatic carbocycles. The first-order valence-corrected chi connectivity index (χ1v) is 10.2. The summed E-state index contributed by atoms with van der Waals surface area (Å²) in [5, 5.41) is 8.28. The van der Waals surface area contributed by atoms with Crippen molar-refractivity contribution in [2.45, 2.75) is 19.0 Å². The van der Waals surface area contributed by atoms with Crippen molar-refractivity contribution < 1.29 is 9.64 Å². The Morgan fingerprint density at radius 3 is 2.48 bits per heavy atom. The van der Waals surface area contributed by atoms with Crippen LogP contribution in [-0.4, -0.2) is 37.5 Å². The number of ether oxygens (including phenoxy) is 1. The van der Waals surface area contributed by atoms with Gasteiger partial charge in [0.15, 0.2) is 5.11 Å². The average molecular weight is 425 g/mol. The van der Waals surface area contributed by atoms with Gasteiger partial charge in [0, 0.05) is 10.6 Å². The summed E-state index contributed by atoms with van der Waals surface area (Å²) in [5.74, 6) is 0. The highest BCUT2D eigenvalue weighted by Crippen LogP contribution is 2.25. The highest BCUT2D eigenvalue weighted by Gasteiger charge is 2.31. The number of quaternary nitrogens is 1. The Kier molecular flexibility index (Phi) is 7.33. The van der Waals surface area contributed by atoms with Gasteiger partial charge in [-0.25, -0.2) is 0 Å². The molecule has 144 valence electrons. The van der Waals surface area contributed by atoms with Gasteiger partial charge in [0.1, 0.15) is 19.1 Å². The van der Waals surface area contributed by atoms with Crippen molar-refractivity contribution >= 4 is 46.2 Å². The molecular weight excluding hydrogens is 401 g/mol. The number of nitrogens with one attached hydrogen (secondary N) is 3. The molecule has 0 spiro atoms. The van der Waals surface area contributed by atoms with E-state index >= 15 is 0 Å². The van der Waals surface area contributed by atoms with Gasteiger partial charge >= 0.3 is 0 Å². The van der Waals surface area contributed by atoms with Crippen molar-refractivity contribution in [3.63, 3.8) is 0 Å². The second-order valence-corrected chi connectivity index (χ2v) is 7.92. The van der Waals surface area contributed by atoms with Crippen molar-refractivity contribution in [1.29, 1.82) is 0 Å². The van der Waals surface area contributed by atoms with Gasteiger partial charge in [-0.3, -0.25) is 0 Å². The van der Waals surface area contributed by atoms with Crippen LogP contribution >= 0.6 is 35.4 Å². The Morgan fingerprint density at radius 2 is 1.81 bits per heavy atom. The van der Waals surface area contributed by atoms with Crippen molar-refractivity contribution in [3.8, 4) is 0 Å². The van der Waals surface area contributed by atoms with Crippen LogP contribution in [0.5, 0.6) is 0 Å². The molecule has 3 rings (SSSR count). The van der Waals surface area contributed by atoms with Crippen LogP contribution in [0.1, 0.15) is 18.5 Å². The Hall–Kier alpha value is -1.37. The normalized spacial score (nSPS) is 17.1. The quantitative estimate of drug-likeness (QED) is 0.643. The topological polar surface area (TPSA) is 37.7 Å². The Balaban J connectivity index is 1.71. The number of anilines is 1. The minimum Gasteiger partial charge on any atom is -0.370 e. The molecule has 1 aliphatic rings. The molecular formula is C20H24Cl2N3OS+. The van der Waals surface area contributed by atoms with Gasteiger partial charge in [0.05, 0.1) is 30.0 Å². The van der Waals surface area contributed by atoms with Crippen molar-refractivity contribution in [2.75, 3.05) is 31.6 Å². The van der Waals surface area contributed by atoms with E-state index in [1.807, 2.05) is 12.1 Å². The molecule has 27 heavy (non-hydrogen) atoms. The summed E-state index contributed by atoms with van der Waals surface area (Å²) in [4.78, 5) is 1.50. The summed E-state index contributed by atoms with van der Waals surface area (Å²) in [6, 6.07) is 16.3. The van der Waals surface area contributed by atoms with Crippen molar-refractivity contribution in [3.05, 3.63) is 64.1 Å². The SMILES string of the molecule is C[C@H](NC(=S)Nc1ccc(Cl)cc1Cl)[C@@H](c1ccccc1)[NH+]1CCOCC1. The number of halogens is 2. The van der Waals surface area contributed by atoms with Crippen LogP contribution in [0.15, 0.2) is 48.5 Å². The lowest BCUT2D eigenvalue weighted by molar-refractivity contribution is -0.940. The Bertz CT molecular complexity index is 769. The van der Waals surface area contributed by atoms with E-state index in [0.29, 0.717) is 15.2 Å². The fourth-order valence-corrected chi connectivity index (χ4v) is 4.27. The lowest BCUT2D eigenvalue weighted by Gasteiger charge is -2.35. The maximum atomic E-state index is 6.24. The predicted molar refractivity (Wildman–Crippen MR) is 116 cm³/mol. The van der Waals surface area contributed by atoms with E-state index in [2.05, 4.69) is 41.8 Å². The third-order valence-electron chi connectivity index (χ3n) is 4.77. The minimum atomic E-state index is 0.131. The summed E-state index contributed by atoms with van der Waals surface area (Å²) in [7, 11) is 0. The van der Waals surface area contributed by atoms with Crippen LogP contribution < -0.4 is 15.5 Å². The number of hydrogen-bond donors (Lipinski definition) is 3. The Labute approximate surface area is 175 Å². The fraction of sp³-hybridized carbons (Fsp3) is 0.350. The smallest absolute Gasteiger partial charge is 0.171 e. The predicted octanol–water partition coefficient (Wildman–Crippen LogP) is 3.32. The summed E-state index contributed by atoms with van der Waals surface area (Å²) in [6.45, 7) is 5.70. The van der Waals surface area contributed by atoms with Crippen LogP contribution in [0.2, 0.25) is 10.0 Å². The van der Waals surface area contributed by atoms with Crippen molar-refractivity contribution in [1.82, 2.24) is 5.32 Å². The zero-order valence-electron chi connectivity index (χ0n) is 15.2. The Morgan fingerprint density at radius 1 is 1.11 bits per heavy atom. The molecule has 4 nitrogen and oxygen atoms in total. The second kappa shape index (κ2) is 9.71. The molecule has 0 radical (unpaired) electrons. The van der Waals surface area contributed by atoms with Crippen LogP contribution in [0.4, 0.5) is 5.69 Å². The van der Waals surface area contributed by atoms with E-state index in [-0.39, 0.29) is 12.1 Å². The molecule has 0 bridgehead atoms. The maximum Gasteiger partial charge on any atom is 0.171 e. The number of benzene rings is 2. The third-order valence-corrected chi connectivity index (χ3v) is 5.54. The molecule has 2 aromatic rings. The van der Waals surface area contributed by atoms with Gasteiger partial charge in [-0.05, 0) is 37.3 Å². The molecule has 0 aromatic heterocycles. The molecule has 0 unspecified atom stereocenters. The van der Waals surface area contributed by atoms with Crippen LogP contribution in [0, 0.1) is 0 Å². The summed E-state index contributed by atoms with van der Waals surface area (Å²) >= 11 is 17.7. The lowest BCUT2D eigenvalue weighted by atomic mass is 9.98. The highest BCUT2D eigenvalue weighted by atomic mass is 35.5. The zero-order chi connectivity index (χ0) is 19.2. The number of hydrogen-bond acceptors (Lipinski definition) is 2. The molecule has 2 aromatic carbocycles. The van der Waals surface area contributed by atoms with E-state index in [0.717, 1.165) is 32.0 Å². The first-order valence-electron chi connectivity index (χ1n) is 9.04. The summed E-state index contributed by atoms with van der Waals surface area (Å²) in [5.41, 5.74) is 2.03. The van der Waals surface area contributed by atoms with Gasteiger partial charge in [0.25, 0.3) is 0 Å². The lowest BCUT2D eigenvalue weighted by Crippen LogP contribution is -3.15. The minimum absolute atomic E-state index is 0.131. The van der Waals surface area contributed by atoms with Gasteiger partial charge < -0.3 is 20.3 Å².